The number of amides is 1. The number of ether oxygens (including phenoxy) is 1. The van der Waals surface area contributed by atoms with Crippen molar-refractivity contribution in [3.05, 3.63) is 58.1 Å². The van der Waals surface area contributed by atoms with Crippen LogP contribution in [0.4, 0.5) is 14.5 Å². The van der Waals surface area contributed by atoms with E-state index in [9.17, 15) is 26.8 Å². The van der Waals surface area contributed by atoms with Crippen LogP contribution in [-0.4, -0.2) is 33.9 Å². The molecule has 2 aromatic rings. The Labute approximate surface area is 161 Å². The molecule has 0 aliphatic carbocycles. The molecule has 144 valence electrons. The quantitative estimate of drug-likeness (QED) is 0.641. The zero-order valence-corrected chi connectivity index (χ0v) is 16.2. The number of rotatable bonds is 6. The third kappa shape index (κ3) is 5.31. The fourth-order valence-corrected chi connectivity index (χ4v) is 3.02. The highest BCUT2D eigenvalue weighted by Crippen LogP contribution is 2.19. The number of benzene rings is 2. The van der Waals surface area contributed by atoms with Crippen molar-refractivity contribution < 1.29 is 31.5 Å². The highest BCUT2D eigenvalue weighted by Gasteiger charge is 2.20. The Kier molecular flexibility index (Phi) is 6.63. The van der Waals surface area contributed by atoms with Gasteiger partial charge in [-0.15, -0.1) is 0 Å². The van der Waals surface area contributed by atoms with E-state index >= 15 is 0 Å². The summed E-state index contributed by atoms with van der Waals surface area (Å²) in [4.78, 5) is 23.4. The molecule has 0 bridgehead atoms. The molecule has 7 nitrogen and oxygen atoms in total. The van der Waals surface area contributed by atoms with Crippen LogP contribution in [0, 0.1) is 11.6 Å². The Morgan fingerprint density at radius 3 is 2.44 bits per heavy atom. The number of hydrogen-bond acceptors (Lipinski definition) is 5. The van der Waals surface area contributed by atoms with Gasteiger partial charge in [-0.25, -0.2) is 26.7 Å². The molecule has 2 N–H and O–H groups in total. The number of esters is 1. The first-order valence-corrected chi connectivity index (χ1v) is 9.57. The van der Waals surface area contributed by atoms with Crippen LogP contribution in [0.5, 0.6) is 0 Å². The summed E-state index contributed by atoms with van der Waals surface area (Å²) >= 11 is 3.06. The van der Waals surface area contributed by atoms with Crippen molar-refractivity contribution >= 4 is 43.5 Å². The molecule has 0 saturated carbocycles. The third-order valence-electron chi connectivity index (χ3n) is 3.28. The molecule has 0 unspecified atom stereocenters. The van der Waals surface area contributed by atoms with E-state index in [1.165, 1.54) is 12.1 Å². The smallest absolute Gasteiger partial charge is 0.341 e. The zero-order valence-electron chi connectivity index (χ0n) is 13.8. The minimum atomic E-state index is -3.90. The van der Waals surface area contributed by atoms with E-state index in [1.54, 1.807) is 0 Å². The van der Waals surface area contributed by atoms with Gasteiger partial charge in [0.05, 0.1) is 16.1 Å². The molecule has 11 heteroatoms. The molecule has 1 amide bonds. The Morgan fingerprint density at radius 2 is 1.81 bits per heavy atom. The molecule has 27 heavy (non-hydrogen) atoms. The van der Waals surface area contributed by atoms with Gasteiger partial charge in [0.1, 0.15) is 11.6 Å². The van der Waals surface area contributed by atoms with Crippen LogP contribution in [0.3, 0.4) is 0 Å². The lowest BCUT2D eigenvalue weighted by atomic mass is 10.2. The second-order valence-corrected chi connectivity index (χ2v) is 7.90. The van der Waals surface area contributed by atoms with E-state index in [-0.39, 0.29) is 10.6 Å². The average molecular weight is 463 g/mol. The van der Waals surface area contributed by atoms with Crippen LogP contribution in [0.1, 0.15) is 10.4 Å². The monoisotopic (exact) mass is 462 g/mol. The van der Waals surface area contributed by atoms with Crippen molar-refractivity contribution in [1.29, 1.82) is 0 Å². The minimum absolute atomic E-state index is 0.132. The summed E-state index contributed by atoms with van der Waals surface area (Å²) in [5.41, 5.74) is -0.790. The van der Waals surface area contributed by atoms with E-state index in [2.05, 4.69) is 26.0 Å². The van der Waals surface area contributed by atoms with Crippen LogP contribution in [-0.2, 0) is 19.6 Å². The number of carbonyl (C=O) groups excluding carboxylic acids is 2. The van der Waals surface area contributed by atoms with E-state index < -0.39 is 45.7 Å². The number of carbonyl (C=O) groups is 2. The van der Waals surface area contributed by atoms with Gasteiger partial charge in [0.15, 0.2) is 6.61 Å². The minimum Gasteiger partial charge on any atom is -0.452 e. The van der Waals surface area contributed by atoms with Crippen LogP contribution in [0.15, 0.2) is 45.8 Å². The molecule has 2 aromatic carbocycles. The van der Waals surface area contributed by atoms with Gasteiger partial charge in [-0.1, -0.05) is 15.9 Å². The maximum absolute atomic E-state index is 13.8. The number of nitrogens with one attached hydrogen (secondary N) is 2. The van der Waals surface area contributed by atoms with Crippen LogP contribution < -0.4 is 10.0 Å². The van der Waals surface area contributed by atoms with Gasteiger partial charge in [-0.3, -0.25) is 4.79 Å². The maximum atomic E-state index is 13.8. The van der Waals surface area contributed by atoms with Gasteiger partial charge in [0.25, 0.3) is 5.91 Å². The predicted octanol–water partition coefficient (Wildman–Crippen LogP) is 2.43. The molecule has 0 aliphatic rings. The zero-order chi connectivity index (χ0) is 20.2. The maximum Gasteiger partial charge on any atom is 0.341 e. The molecule has 0 heterocycles. The summed E-state index contributed by atoms with van der Waals surface area (Å²) in [6.07, 6.45) is 0. The van der Waals surface area contributed by atoms with Crippen molar-refractivity contribution in [1.82, 2.24) is 4.72 Å². The van der Waals surface area contributed by atoms with Gasteiger partial charge in [-0.05, 0) is 43.4 Å². The van der Waals surface area contributed by atoms with Gasteiger partial charge in [0.2, 0.25) is 10.0 Å². The SMILES string of the molecule is CNS(=O)(=O)c1ccc(F)c(C(=O)OCC(=O)Nc2ccc(Br)cc2F)c1. The van der Waals surface area contributed by atoms with Crippen LogP contribution in [0.2, 0.25) is 0 Å². The van der Waals surface area contributed by atoms with Crippen molar-refractivity contribution in [3.8, 4) is 0 Å². The van der Waals surface area contributed by atoms with Crippen LogP contribution in [0.25, 0.3) is 0 Å². The van der Waals surface area contributed by atoms with Crippen molar-refractivity contribution in [2.75, 3.05) is 19.0 Å². The Hall–Kier alpha value is -2.37. The molecule has 2 rings (SSSR count). The molecule has 0 aliphatic heterocycles. The summed E-state index contributed by atoms with van der Waals surface area (Å²) < 4.78 is 58.1. The highest BCUT2D eigenvalue weighted by atomic mass is 79.9. The first-order valence-electron chi connectivity index (χ1n) is 7.29. The fourth-order valence-electron chi connectivity index (χ4n) is 1.93. The Bertz CT molecular complexity index is 998. The summed E-state index contributed by atoms with van der Waals surface area (Å²) in [5, 5.41) is 2.19. The second kappa shape index (κ2) is 8.55. The Balaban J connectivity index is 2.07. The molecular formula is C16H13BrF2N2O5S. The standard InChI is InChI=1S/C16H13BrF2N2O5S/c1-20-27(24,25)10-3-4-12(18)11(7-10)16(23)26-8-15(22)21-14-5-2-9(17)6-13(14)19/h2-7,20H,8H2,1H3,(H,21,22). The lowest BCUT2D eigenvalue weighted by Crippen LogP contribution is -2.22. The van der Waals surface area contributed by atoms with Gasteiger partial charge in [0, 0.05) is 4.47 Å². The summed E-state index contributed by atoms with van der Waals surface area (Å²) in [6, 6.07) is 6.47. The average Bonchev–Trinajstić information content (AvgIpc) is 2.62. The second-order valence-electron chi connectivity index (χ2n) is 5.10. The van der Waals surface area contributed by atoms with Gasteiger partial charge >= 0.3 is 5.97 Å². The molecule has 0 spiro atoms. The third-order valence-corrected chi connectivity index (χ3v) is 5.18. The predicted molar refractivity (Wildman–Crippen MR) is 95.7 cm³/mol. The summed E-state index contributed by atoms with van der Waals surface area (Å²) in [6.45, 7) is -0.823. The molecule has 0 aromatic heterocycles. The number of halogens is 3. The first-order chi connectivity index (χ1) is 12.6. The molecule has 0 saturated heterocycles. The normalized spacial score (nSPS) is 11.1. The lowest BCUT2D eigenvalue weighted by molar-refractivity contribution is -0.119. The van der Waals surface area contributed by atoms with E-state index in [1.807, 2.05) is 4.72 Å². The molecule has 0 atom stereocenters. The van der Waals surface area contributed by atoms with Crippen molar-refractivity contribution in [2.24, 2.45) is 0 Å². The summed E-state index contributed by atoms with van der Waals surface area (Å²) in [7, 11) is -2.75. The molecule has 0 radical (unpaired) electrons. The van der Waals surface area contributed by atoms with Crippen molar-refractivity contribution in [2.45, 2.75) is 4.90 Å². The fraction of sp³-hybridized carbons (Fsp3) is 0.125. The van der Waals surface area contributed by atoms with Crippen molar-refractivity contribution in [3.63, 3.8) is 0 Å². The number of anilines is 1. The molecular weight excluding hydrogens is 450 g/mol. The molecule has 0 fully saturated rings. The van der Waals surface area contributed by atoms with Gasteiger partial charge < -0.3 is 10.1 Å². The van der Waals surface area contributed by atoms with Crippen LogP contribution >= 0.6 is 15.9 Å². The van der Waals surface area contributed by atoms with E-state index in [0.717, 1.165) is 31.3 Å². The van der Waals surface area contributed by atoms with E-state index in [0.29, 0.717) is 4.47 Å². The first kappa shape index (κ1) is 20.9. The largest absolute Gasteiger partial charge is 0.452 e. The number of hydrogen-bond donors (Lipinski definition) is 2. The topological polar surface area (TPSA) is 102 Å². The Morgan fingerprint density at radius 1 is 1.11 bits per heavy atom. The lowest BCUT2D eigenvalue weighted by Gasteiger charge is -2.09. The van der Waals surface area contributed by atoms with E-state index in [4.69, 9.17) is 0 Å². The number of sulfonamides is 1. The summed E-state index contributed by atoms with van der Waals surface area (Å²) in [5.74, 6) is -3.83. The van der Waals surface area contributed by atoms with Gasteiger partial charge in [-0.2, -0.15) is 0 Å². The highest BCUT2D eigenvalue weighted by molar-refractivity contribution is 9.10.